The summed E-state index contributed by atoms with van der Waals surface area (Å²) in [7, 11) is 1.57. The summed E-state index contributed by atoms with van der Waals surface area (Å²) in [5.74, 6) is -0.157. The Balaban J connectivity index is 2.55. The van der Waals surface area contributed by atoms with Crippen LogP contribution in [0.15, 0.2) is 24.3 Å². The van der Waals surface area contributed by atoms with Gasteiger partial charge in [-0.2, -0.15) is 0 Å². The molecule has 0 fully saturated rings. The number of carbonyl (C=O) groups excluding carboxylic acids is 2. The van der Waals surface area contributed by atoms with Crippen molar-refractivity contribution in [1.82, 2.24) is 5.32 Å². The molecule has 0 aromatic heterocycles. The minimum absolute atomic E-state index is 0.0632. The summed E-state index contributed by atoms with van der Waals surface area (Å²) in [4.78, 5) is 23.2. The Morgan fingerprint density at radius 3 is 2.45 bits per heavy atom. The Morgan fingerprint density at radius 2 is 1.85 bits per heavy atom. The van der Waals surface area contributed by atoms with Gasteiger partial charge in [0.1, 0.15) is 0 Å². The summed E-state index contributed by atoms with van der Waals surface area (Å²) < 4.78 is 4.84. The van der Waals surface area contributed by atoms with Gasteiger partial charge in [-0.1, -0.05) is 19.9 Å². The number of nitrogens with one attached hydrogen (secondary N) is 3. The number of carbonyl (C=O) groups is 2. The SMILES string of the molecule is COCCNC(=O)Nc1cccc(NC(=O)C(C)C)c1. The number of benzene rings is 1. The van der Waals surface area contributed by atoms with E-state index in [1.807, 2.05) is 13.8 Å². The molecule has 0 heterocycles. The predicted molar refractivity (Wildman–Crippen MR) is 78.8 cm³/mol. The van der Waals surface area contributed by atoms with Crippen molar-refractivity contribution in [3.63, 3.8) is 0 Å². The van der Waals surface area contributed by atoms with Crippen LogP contribution in [0.1, 0.15) is 13.8 Å². The van der Waals surface area contributed by atoms with E-state index in [2.05, 4.69) is 16.0 Å². The Bertz CT molecular complexity index is 461. The van der Waals surface area contributed by atoms with Crippen LogP contribution >= 0.6 is 0 Å². The maximum atomic E-state index is 11.6. The zero-order chi connectivity index (χ0) is 15.0. The minimum atomic E-state index is -0.311. The molecule has 0 unspecified atom stereocenters. The van der Waals surface area contributed by atoms with Crippen molar-refractivity contribution in [2.75, 3.05) is 30.9 Å². The van der Waals surface area contributed by atoms with Crippen LogP contribution in [0.3, 0.4) is 0 Å². The number of anilines is 2. The lowest BCUT2D eigenvalue weighted by Crippen LogP contribution is -2.31. The van der Waals surface area contributed by atoms with E-state index in [1.54, 1.807) is 31.4 Å². The second-order valence-electron chi connectivity index (χ2n) is 4.60. The summed E-state index contributed by atoms with van der Waals surface area (Å²) >= 11 is 0. The summed E-state index contributed by atoms with van der Waals surface area (Å²) in [6.07, 6.45) is 0. The van der Waals surface area contributed by atoms with E-state index in [-0.39, 0.29) is 17.9 Å². The second-order valence-corrected chi connectivity index (χ2v) is 4.60. The van der Waals surface area contributed by atoms with Gasteiger partial charge in [-0.25, -0.2) is 4.79 Å². The molecule has 0 saturated heterocycles. The third-order valence-electron chi connectivity index (χ3n) is 2.50. The number of rotatable bonds is 6. The molecule has 0 radical (unpaired) electrons. The first-order chi connectivity index (χ1) is 9.52. The normalized spacial score (nSPS) is 10.2. The van der Waals surface area contributed by atoms with Crippen molar-refractivity contribution in [2.45, 2.75) is 13.8 Å². The van der Waals surface area contributed by atoms with E-state index in [4.69, 9.17) is 4.74 Å². The van der Waals surface area contributed by atoms with Crippen LogP contribution in [-0.4, -0.2) is 32.2 Å². The first-order valence-electron chi connectivity index (χ1n) is 6.47. The van der Waals surface area contributed by atoms with Gasteiger partial charge in [0.15, 0.2) is 0 Å². The zero-order valence-corrected chi connectivity index (χ0v) is 12.0. The van der Waals surface area contributed by atoms with Gasteiger partial charge < -0.3 is 20.7 Å². The number of hydrogen-bond donors (Lipinski definition) is 3. The average molecular weight is 279 g/mol. The molecule has 3 N–H and O–H groups in total. The van der Waals surface area contributed by atoms with Crippen molar-refractivity contribution in [2.24, 2.45) is 5.92 Å². The maximum absolute atomic E-state index is 11.6. The molecule has 0 spiro atoms. The van der Waals surface area contributed by atoms with Gasteiger partial charge in [0, 0.05) is 30.9 Å². The minimum Gasteiger partial charge on any atom is -0.383 e. The van der Waals surface area contributed by atoms with Crippen molar-refractivity contribution in [3.8, 4) is 0 Å². The van der Waals surface area contributed by atoms with Gasteiger partial charge >= 0.3 is 6.03 Å². The number of ether oxygens (including phenoxy) is 1. The lowest BCUT2D eigenvalue weighted by molar-refractivity contribution is -0.118. The largest absolute Gasteiger partial charge is 0.383 e. The zero-order valence-electron chi connectivity index (χ0n) is 12.0. The first kappa shape index (κ1) is 16.0. The maximum Gasteiger partial charge on any atom is 0.319 e. The molecule has 0 atom stereocenters. The van der Waals surface area contributed by atoms with Crippen LogP contribution in [0, 0.1) is 5.92 Å². The van der Waals surface area contributed by atoms with Crippen LogP contribution < -0.4 is 16.0 Å². The van der Waals surface area contributed by atoms with Gasteiger partial charge in [0.05, 0.1) is 6.61 Å². The molecule has 20 heavy (non-hydrogen) atoms. The molecular weight excluding hydrogens is 258 g/mol. The van der Waals surface area contributed by atoms with Gasteiger partial charge in [0.25, 0.3) is 0 Å². The van der Waals surface area contributed by atoms with E-state index in [0.717, 1.165) is 0 Å². The summed E-state index contributed by atoms with van der Waals surface area (Å²) in [6.45, 7) is 4.53. The highest BCUT2D eigenvalue weighted by Crippen LogP contribution is 2.15. The van der Waals surface area contributed by atoms with Gasteiger partial charge in [0.2, 0.25) is 5.91 Å². The average Bonchev–Trinajstić information content (AvgIpc) is 2.39. The molecule has 1 aromatic rings. The fourth-order valence-corrected chi connectivity index (χ4v) is 1.40. The number of amides is 3. The van der Waals surface area contributed by atoms with E-state index in [0.29, 0.717) is 24.5 Å². The van der Waals surface area contributed by atoms with E-state index in [9.17, 15) is 9.59 Å². The molecular formula is C14H21N3O3. The monoisotopic (exact) mass is 279 g/mol. The number of urea groups is 1. The lowest BCUT2D eigenvalue weighted by Gasteiger charge is -2.10. The van der Waals surface area contributed by atoms with Crippen LogP contribution in [0.5, 0.6) is 0 Å². The quantitative estimate of drug-likeness (QED) is 0.697. The van der Waals surface area contributed by atoms with E-state index in [1.165, 1.54) is 0 Å². The molecule has 1 aromatic carbocycles. The standard InChI is InChI=1S/C14H21N3O3/c1-10(2)13(18)16-11-5-4-6-12(9-11)17-14(19)15-7-8-20-3/h4-6,9-10H,7-8H2,1-3H3,(H,16,18)(H2,15,17,19). The van der Waals surface area contributed by atoms with Crippen LogP contribution in [0.2, 0.25) is 0 Å². The van der Waals surface area contributed by atoms with Crippen molar-refractivity contribution in [3.05, 3.63) is 24.3 Å². The molecule has 0 bridgehead atoms. The Morgan fingerprint density at radius 1 is 1.20 bits per heavy atom. The van der Waals surface area contributed by atoms with Gasteiger partial charge in [-0.15, -0.1) is 0 Å². The Hall–Kier alpha value is -2.08. The van der Waals surface area contributed by atoms with Crippen LogP contribution in [0.25, 0.3) is 0 Å². The highest BCUT2D eigenvalue weighted by molar-refractivity contribution is 5.94. The molecule has 0 aliphatic heterocycles. The van der Waals surface area contributed by atoms with Gasteiger partial charge in [-0.05, 0) is 18.2 Å². The van der Waals surface area contributed by atoms with E-state index >= 15 is 0 Å². The molecule has 6 nitrogen and oxygen atoms in total. The van der Waals surface area contributed by atoms with E-state index < -0.39 is 0 Å². The number of hydrogen-bond acceptors (Lipinski definition) is 3. The van der Waals surface area contributed by atoms with Crippen molar-refractivity contribution in [1.29, 1.82) is 0 Å². The Kier molecular flexibility index (Phi) is 6.52. The highest BCUT2D eigenvalue weighted by atomic mass is 16.5. The van der Waals surface area contributed by atoms with Crippen LogP contribution in [0.4, 0.5) is 16.2 Å². The van der Waals surface area contributed by atoms with Crippen LogP contribution in [-0.2, 0) is 9.53 Å². The summed E-state index contributed by atoms with van der Waals surface area (Å²) in [5.41, 5.74) is 1.26. The third-order valence-corrected chi connectivity index (χ3v) is 2.50. The van der Waals surface area contributed by atoms with Crippen molar-refractivity contribution >= 4 is 23.3 Å². The molecule has 6 heteroatoms. The molecule has 110 valence electrons. The van der Waals surface area contributed by atoms with Gasteiger partial charge in [-0.3, -0.25) is 4.79 Å². The smallest absolute Gasteiger partial charge is 0.319 e. The Labute approximate surface area is 118 Å². The lowest BCUT2D eigenvalue weighted by atomic mass is 10.2. The predicted octanol–water partition coefficient (Wildman–Crippen LogP) is 2.05. The fourth-order valence-electron chi connectivity index (χ4n) is 1.40. The topological polar surface area (TPSA) is 79.5 Å². The molecule has 3 amide bonds. The molecule has 1 rings (SSSR count). The number of methoxy groups -OCH3 is 1. The highest BCUT2D eigenvalue weighted by Gasteiger charge is 2.07. The second kappa shape index (κ2) is 8.16. The molecule has 0 aliphatic carbocycles. The summed E-state index contributed by atoms with van der Waals surface area (Å²) in [6, 6.07) is 6.68. The van der Waals surface area contributed by atoms with Crippen molar-refractivity contribution < 1.29 is 14.3 Å². The first-order valence-corrected chi connectivity index (χ1v) is 6.47. The molecule has 0 aliphatic rings. The molecule has 0 saturated carbocycles. The fraction of sp³-hybridized carbons (Fsp3) is 0.429. The summed E-state index contributed by atoms with van der Waals surface area (Å²) in [5, 5.41) is 8.11. The third kappa shape index (κ3) is 5.71.